The fourth-order valence-corrected chi connectivity index (χ4v) is 2.67. The summed E-state index contributed by atoms with van der Waals surface area (Å²) in [5.74, 6) is 2.29. The third-order valence-electron chi connectivity index (χ3n) is 3.87. The molecule has 0 N–H and O–H groups in total. The van der Waals surface area contributed by atoms with Crippen molar-refractivity contribution in [1.82, 2.24) is 9.88 Å². The Bertz CT molecular complexity index is 818. The van der Waals surface area contributed by atoms with Gasteiger partial charge in [-0.1, -0.05) is 35.9 Å². The van der Waals surface area contributed by atoms with E-state index in [4.69, 9.17) is 20.8 Å². The predicted molar refractivity (Wildman–Crippen MR) is 100.0 cm³/mol. The minimum Gasteiger partial charge on any atom is -0.492 e. The lowest BCUT2D eigenvalue weighted by Gasteiger charge is -2.16. The summed E-state index contributed by atoms with van der Waals surface area (Å²) in [6, 6.07) is 17.4. The van der Waals surface area contributed by atoms with E-state index in [0.717, 1.165) is 29.3 Å². The van der Waals surface area contributed by atoms with Crippen LogP contribution in [0.25, 0.3) is 11.5 Å². The molecule has 0 saturated carbocycles. The van der Waals surface area contributed by atoms with Crippen molar-refractivity contribution >= 4 is 11.6 Å². The number of halogens is 1. The number of ether oxygens (including phenoxy) is 1. The summed E-state index contributed by atoms with van der Waals surface area (Å²) in [5.41, 5.74) is 1.94. The van der Waals surface area contributed by atoms with Crippen LogP contribution in [0.4, 0.5) is 0 Å². The Labute approximate surface area is 153 Å². The maximum absolute atomic E-state index is 5.95. The lowest BCUT2D eigenvalue weighted by molar-refractivity contribution is 0.231. The molecular weight excluding hydrogens is 336 g/mol. The zero-order chi connectivity index (χ0) is 17.6. The molecule has 2 aromatic carbocycles. The van der Waals surface area contributed by atoms with E-state index in [9.17, 15) is 0 Å². The van der Waals surface area contributed by atoms with Gasteiger partial charge in [-0.25, -0.2) is 4.98 Å². The van der Waals surface area contributed by atoms with Crippen LogP contribution in [0, 0.1) is 6.92 Å². The number of aromatic nitrogens is 1. The summed E-state index contributed by atoms with van der Waals surface area (Å²) >= 11 is 5.95. The first kappa shape index (κ1) is 17.5. The highest BCUT2D eigenvalue weighted by atomic mass is 35.5. The molecule has 130 valence electrons. The van der Waals surface area contributed by atoms with Crippen molar-refractivity contribution in [3.05, 3.63) is 71.1 Å². The summed E-state index contributed by atoms with van der Waals surface area (Å²) in [4.78, 5) is 6.79. The van der Waals surface area contributed by atoms with Crippen LogP contribution in [0.5, 0.6) is 5.75 Å². The smallest absolute Gasteiger partial charge is 0.226 e. The van der Waals surface area contributed by atoms with Gasteiger partial charge in [0.05, 0.1) is 5.69 Å². The minimum atomic E-state index is 0.583. The molecule has 0 bridgehead atoms. The fourth-order valence-electron chi connectivity index (χ4n) is 2.49. The molecule has 0 spiro atoms. The highest BCUT2D eigenvalue weighted by Crippen LogP contribution is 2.22. The average Bonchev–Trinajstić information content (AvgIpc) is 2.96. The van der Waals surface area contributed by atoms with E-state index in [0.29, 0.717) is 24.1 Å². The largest absolute Gasteiger partial charge is 0.492 e. The van der Waals surface area contributed by atoms with E-state index in [1.807, 2.05) is 68.6 Å². The van der Waals surface area contributed by atoms with Crippen LogP contribution in [0.1, 0.15) is 11.5 Å². The van der Waals surface area contributed by atoms with Gasteiger partial charge in [0.25, 0.3) is 0 Å². The SMILES string of the molecule is Cc1oc(-c2ccccc2)nc1CN(C)CCOc1cccc(Cl)c1. The summed E-state index contributed by atoms with van der Waals surface area (Å²) in [6.07, 6.45) is 0. The number of oxazole rings is 1. The first-order valence-electron chi connectivity index (χ1n) is 8.20. The van der Waals surface area contributed by atoms with Crippen LogP contribution in [0.2, 0.25) is 5.02 Å². The topological polar surface area (TPSA) is 38.5 Å². The second-order valence-electron chi connectivity index (χ2n) is 5.93. The highest BCUT2D eigenvalue weighted by Gasteiger charge is 2.13. The summed E-state index contributed by atoms with van der Waals surface area (Å²) in [5, 5.41) is 0.678. The number of likely N-dealkylation sites (N-methyl/N-ethyl adjacent to an activating group) is 1. The molecule has 0 aliphatic rings. The molecule has 0 amide bonds. The van der Waals surface area contributed by atoms with Gasteiger partial charge in [0, 0.05) is 23.7 Å². The molecule has 0 saturated heterocycles. The first-order valence-corrected chi connectivity index (χ1v) is 8.58. The van der Waals surface area contributed by atoms with Crippen molar-refractivity contribution in [1.29, 1.82) is 0 Å². The maximum Gasteiger partial charge on any atom is 0.226 e. The monoisotopic (exact) mass is 356 g/mol. The Morgan fingerprint density at radius 3 is 2.68 bits per heavy atom. The molecule has 25 heavy (non-hydrogen) atoms. The molecule has 0 fully saturated rings. The lowest BCUT2D eigenvalue weighted by Crippen LogP contribution is -2.24. The molecule has 0 aliphatic heterocycles. The molecule has 0 aliphatic carbocycles. The minimum absolute atomic E-state index is 0.583. The number of hydrogen-bond acceptors (Lipinski definition) is 4. The van der Waals surface area contributed by atoms with Gasteiger partial charge in [-0.05, 0) is 44.3 Å². The Morgan fingerprint density at radius 2 is 1.92 bits per heavy atom. The number of nitrogens with zero attached hydrogens (tertiary/aromatic N) is 2. The molecule has 5 heteroatoms. The first-order chi connectivity index (χ1) is 12.1. The van der Waals surface area contributed by atoms with Gasteiger partial charge in [0.2, 0.25) is 5.89 Å². The molecule has 3 rings (SSSR count). The van der Waals surface area contributed by atoms with Crippen molar-refractivity contribution in [3.8, 4) is 17.2 Å². The van der Waals surface area contributed by atoms with Crippen molar-refractivity contribution in [2.75, 3.05) is 20.2 Å². The molecule has 0 atom stereocenters. The van der Waals surface area contributed by atoms with Crippen molar-refractivity contribution < 1.29 is 9.15 Å². The van der Waals surface area contributed by atoms with Crippen molar-refractivity contribution in [3.63, 3.8) is 0 Å². The van der Waals surface area contributed by atoms with E-state index in [1.54, 1.807) is 0 Å². The van der Waals surface area contributed by atoms with E-state index < -0.39 is 0 Å². The third kappa shape index (κ3) is 4.84. The van der Waals surface area contributed by atoms with Gasteiger partial charge in [-0.15, -0.1) is 0 Å². The van der Waals surface area contributed by atoms with Gasteiger partial charge < -0.3 is 9.15 Å². The summed E-state index contributed by atoms with van der Waals surface area (Å²) in [6.45, 7) is 4.02. The second kappa shape index (κ2) is 8.19. The lowest BCUT2D eigenvalue weighted by atomic mass is 10.2. The van der Waals surface area contributed by atoms with Crippen LogP contribution in [-0.2, 0) is 6.54 Å². The zero-order valence-electron chi connectivity index (χ0n) is 14.4. The third-order valence-corrected chi connectivity index (χ3v) is 4.11. The molecular formula is C20H21ClN2O2. The van der Waals surface area contributed by atoms with Crippen molar-refractivity contribution in [2.45, 2.75) is 13.5 Å². The van der Waals surface area contributed by atoms with E-state index >= 15 is 0 Å². The fraction of sp³-hybridized carbons (Fsp3) is 0.250. The van der Waals surface area contributed by atoms with Crippen molar-refractivity contribution in [2.24, 2.45) is 0 Å². The van der Waals surface area contributed by atoms with Crippen LogP contribution < -0.4 is 4.74 Å². The molecule has 0 radical (unpaired) electrons. The quantitative estimate of drug-likeness (QED) is 0.608. The summed E-state index contributed by atoms with van der Waals surface area (Å²) < 4.78 is 11.5. The molecule has 1 heterocycles. The molecule has 0 unspecified atom stereocenters. The van der Waals surface area contributed by atoms with Gasteiger partial charge in [0.15, 0.2) is 0 Å². The number of rotatable bonds is 7. The number of aryl methyl sites for hydroxylation is 1. The van der Waals surface area contributed by atoms with Crippen LogP contribution >= 0.6 is 11.6 Å². The highest BCUT2D eigenvalue weighted by molar-refractivity contribution is 6.30. The van der Waals surface area contributed by atoms with Gasteiger partial charge in [0.1, 0.15) is 18.1 Å². The molecule has 4 nitrogen and oxygen atoms in total. The Balaban J connectivity index is 1.54. The summed E-state index contributed by atoms with van der Waals surface area (Å²) in [7, 11) is 2.04. The van der Waals surface area contributed by atoms with E-state index in [-0.39, 0.29) is 0 Å². The zero-order valence-corrected chi connectivity index (χ0v) is 15.2. The van der Waals surface area contributed by atoms with Gasteiger partial charge in [-0.2, -0.15) is 0 Å². The Morgan fingerprint density at radius 1 is 1.12 bits per heavy atom. The normalized spacial score (nSPS) is 11.0. The predicted octanol–water partition coefficient (Wildman–Crippen LogP) is 4.81. The van der Waals surface area contributed by atoms with Crippen LogP contribution in [0.15, 0.2) is 59.0 Å². The number of benzene rings is 2. The van der Waals surface area contributed by atoms with Gasteiger partial charge in [-0.3, -0.25) is 4.90 Å². The molecule has 1 aromatic heterocycles. The Kier molecular flexibility index (Phi) is 5.74. The van der Waals surface area contributed by atoms with Gasteiger partial charge >= 0.3 is 0 Å². The van der Waals surface area contributed by atoms with E-state index in [2.05, 4.69) is 9.88 Å². The standard InChI is InChI=1S/C20H21ClN2O2/c1-15-19(22-20(25-15)16-7-4-3-5-8-16)14-23(2)11-12-24-18-10-6-9-17(21)13-18/h3-10,13H,11-12,14H2,1-2H3. The van der Waals surface area contributed by atoms with E-state index in [1.165, 1.54) is 0 Å². The molecule has 3 aromatic rings. The average molecular weight is 357 g/mol. The van der Waals surface area contributed by atoms with Crippen LogP contribution in [0.3, 0.4) is 0 Å². The maximum atomic E-state index is 5.95. The van der Waals surface area contributed by atoms with Crippen LogP contribution in [-0.4, -0.2) is 30.1 Å². The Hall–Kier alpha value is -2.30. The second-order valence-corrected chi connectivity index (χ2v) is 6.37. The number of hydrogen-bond donors (Lipinski definition) is 0.